The Kier molecular flexibility index (Phi) is 17.5. The fraction of sp³-hybridized carbons (Fsp3) is 0.818. The zero-order valence-electron chi connectivity index (χ0n) is 18.5. The quantitative estimate of drug-likeness (QED) is 0.139. The molecule has 8 heteroatoms. The van der Waals surface area contributed by atoms with Crippen LogP contribution >= 0.6 is 0 Å². The fourth-order valence-electron chi connectivity index (χ4n) is 3.16. The highest BCUT2D eigenvalue weighted by atomic mass is 32.2. The van der Waals surface area contributed by atoms with E-state index in [1.807, 2.05) is 0 Å². The van der Waals surface area contributed by atoms with Crippen molar-refractivity contribution in [1.29, 1.82) is 0 Å². The minimum Gasteiger partial charge on any atom is -0.480 e. The van der Waals surface area contributed by atoms with Crippen molar-refractivity contribution in [2.75, 3.05) is 6.54 Å². The van der Waals surface area contributed by atoms with Crippen molar-refractivity contribution < 1.29 is 27.7 Å². The Labute approximate surface area is 182 Å². The number of carboxylic acids is 1. The Balaban J connectivity index is 3.50. The lowest BCUT2D eigenvalue weighted by molar-refractivity contribution is -0.138. The molecule has 3 N–H and O–H groups in total. The summed E-state index contributed by atoms with van der Waals surface area (Å²) in [6.45, 7) is 2.61. The van der Waals surface area contributed by atoms with E-state index in [0.29, 0.717) is 6.54 Å². The number of amides is 1. The van der Waals surface area contributed by atoms with Crippen molar-refractivity contribution in [2.24, 2.45) is 0 Å². The maximum Gasteiger partial charge on any atom is 0.324 e. The van der Waals surface area contributed by atoms with Crippen LogP contribution in [0, 0.1) is 0 Å². The fourth-order valence-corrected chi connectivity index (χ4v) is 3.78. The van der Waals surface area contributed by atoms with Crippen LogP contribution in [0.2, 0.25) is 0 Å². The highest BCUT2D eigenvalue weighted by molar-refractivity contribution is 7.87. The number of allylic oxidation sites excluding steroid dienone is 2. The van der Waals surface area contributed by atoms with E-state index in [1.165, 1.54) is 57.8 Å². The molecule has 0 aliphatic heterocycles. The summed E-state index contributed by atoms with van der Waals surface area (Å²) in [5, 5.41) is 9.14. The van der Waals surface area contributed by atoms with Crippen LogP contribution in [0.1, 0.15) is 103 Å². The van der Waals surface area contributed by atoms with E-state index in [9.17, 15) is 18.0 Å². The highest BCUT2D eigenvalue weighted by Crippen LogP contribution is 2.10. The van der Waals surface area contributed by atoms with E-state index in [0.717, 1.165) is 32.1 Å². The molecule has 0 aromatic rings. The molecule has 0 bridgehead atoms. The summed E-state index contributed by atoms with van der Waals surface area (Å²) in [7, 11) is -4.79. The van der Waals surface area contributed by atoms with Gasteiger partial charge in [-0.1, -0.05) is 76.9 Å². The van der Waals surface area contributed by atoms with E-state index in [2.05, 4.69) is 24.4 Å². The number of carbonyl (C=O) groups is 2. The van der Waals surface area contributed by atoms with Gasteiger partial charge in [0.05, 0.1) is 6.42 Å². The Morgan fingerprint density at radius 1 is 0.833 bits per heavy atom. The Morgan fingerprint density at radius 3 is 1.77 bits per heavy atom. The van der Waals surface area contributed by atoms with Crippen LogP contribution in [-0.2, 0) is 19.7 Å². The van der Waals surface area contributed by atoms with Crippen molar-refractivity contribution in [3.05, 3.63) is 12.2 Å². The van der Waals surface area contributed by atoms with E-state index >= 15 is 0 Å². The zero-order chi connectivity index (χ0) is 22.7. The van der Waals surface area contributed by atoms with Crippen molar-refractivity contribution >= 4 is 22.0 Å². The summed E-state index contributed by atoms with van der Waals surface area (Å²) >= 11 is 0. The second-order valence-corrected chi connectivity index (χ2v) is 9.43. The van der Waals surface area contributed by atoms with Crippen LogP contribution in [0.15, 0.2) is 12.2 Å². The lowest BCUT2D eigenvalue weighted by atomic mass is 10.1. The standard InChI is InChI=1S/C22H41NO6S/c1-2-3-4-5-6-7-8-9-10-11-12-13-14-15-16-17-18-23-21(24)19-20(22(25)26)30(27,28)29/h9-10,20H,2-8,11-19H2,1H3,(H,23,24)(H,25,26)(H,27,28,29)/b10-9-. The molecule has 1 unspecified atom stereocenters. The first kappa shape index (κ1) is 28.6. The van der Waals surface area contributed by atoms with Gasteiger partial charge in [0.15, 0.2) is 5.25 Å². The van der Waals surface area contributed by atoms with Crippen molar-refractivity contribution in [3.63, 3.8) is 0 Å². The van der Waals surface area contributed by atoms with E-state index in [-0.39, 0.29) is 0 Å². The van der Waals surface area contributed by atoms with Crippen LogP contribution in [-0.4, -0.2) is 41.7 Å². The average Bonchev–Trinajstić information content (AvgIpc) is 2.67. The molecule has 1 atom stereocenters. The van der Waals surface area contributed by atoms with Gasteiger partial charge in [-0.05, 0) is 32.1 Å². The van der Waals surface area contributed by atoms with Gasteiger partial charge >= 0.3 is 5.97 Å². The average molecular weight is 448 g/mol. The lowest BCUT2D eigenvalue weighted by Gasteiger charge is -2.09. The Hall–Kier alpha value is -1.41. The van der Waals surface area contributed by atoms with Gasteiger partial charge in [-0.3, -0.25) is 14.1 Å². The minimum absolute atomic E-state index is 0.373. The molecule has 176 valence electrons. The second kappa shape index (κ2) is 18.4. The molecule has 0 aliphatic rings. The molecule has 1 amide bonds. The van der Waals surface area contributed by atoms with Gasteiger partial charge in [-0.15, -0.1) is 0 Å². The molecule has 0 spiro atoms. The van der Waals surface area contributed by atoms with Crippen LogP contribution < -0.4 is 5.32 Å². The molecule has 0 fully saturated rings. The molecule has 0 aromatic heterocycles. The van der Waals surface area contributed by atoms with Crippen LogP contribution in [0.5, 0.6) is 0 Å². The van der Waals surface area contributed by atoms with Gasteiger partial charge in [0.1, 0.15) is 0 Å². The van der Waals surface area contributed by atoms with Crippen LogP contribution in [0.4, 0.5) is 0 Å². The molecule has 0 aliphatic carbocycles. The van der Waals surface area contributed by atoms with E-state index < -0.39 is 33.7 Å². The number of unbranched alkanes of at least 4 members (excludes halogenated alkanes) is 12. The molecule has 30 heavy (non-hydrogen) atoms. The number of hydrogen-bond acceptors (Lipinski definition) is 4. The molecular formula is C22H41NO6S. The molecular weight excluding hydrogens is 406 g/mol. The SMILES string of the molecule is CCCCCCCC/C=C\CCCCCCCCNC(=O)CC(C(=O)O)S(=O)(=O)O. The van der Waals surface area contributed by atoms with E-state index in [1.54, 1.807) is 0 Å². The van der Waals surface area contributed by atoms with Gasteiger partial charge in [0.25, 0.3) is 10.1 Å². The van der Waals surface area contributed by atoms with Gasteiger partial charge in [-0.2, -0.15) is 8.42 Å². The van der Waals surface area contributed by atoms with Crippen molar-refractivity contribution in [1.82, 2.24) is 5.32 Å². The molecule has 0 saturated carbocycles. The third-order valence-electron chi connectivity index (χ3n) is 5.02. The number of rotatable bonds is 20. The van der Waals surface area contributed by atoms with Gasteiger partial charge in [0.2, 0.25) is 5.91 Å². The lowest BCUT2D eigenvalue weighted by Crippen LogP contribution is -2.36. The van der Waals surface area contributed by atoms with Crippen molar-refractivity contribution in [3.8, 4) is 0 Å². The monoisotopic (exact) mass is 447 g/mol. The summed E-state index contributed by atoms with van der Waals surface area (Å²) in [5.41, 5.74) is 0. The Bertz CT molecular complexity index is 588. The molecule has 7 nitrogen and oxygen atoms in total. The van der Waals surface area contributed by atoms with Gasteiger partial charge in [0, 0.05) is 6.54 Å². The normalized spacial score (nSPS) is 12.9. The molecule has 0 radical (unpaired) electrons. The summed E-state index contributed by atoms with van der Waals surface area (Å²) in [6.07, 6.45) is 20.4. The first-order valence-electron chi connectivity index (χ1n) is 11.4. The van der Waals surface area contributed by atoms with Crippen LogP contribution in [0.25, 0.3) is 0 Å². The number of carboxylic acid groups (broad SMARTS) is 1. The topological polar surface area (TPSA) is 121 Å². The molecule has 0 heterocycles. The predicted octanol–water partition coefficient (Wildman–Crippen LogP) is 4.87. The largest absolute Gasteiger partial charge is 0.480 e. The molecule has 0 saturated heterocycles. The number of hydrogen-bond donors (Lipinski definition) is 3. The summed E-state index contributed by atoms with van der Waals surface area (Å²) in [6, 6.07) is 0. The van der Waals surface area contributed by atoms with Gasteiger partial charge < -0.3 is 10.4 Å². The summed E-state index contributed by atoms with van der Waals surface area (Å²) in [4.78, 5) is 22.4. The third kappa shape index (κ3) is 17.4. The second-order valence-electron chi connectivity index (χ2n) is 7.83. The number of aliphatic carboxylic acids is 1. The smallest absolute Gasteiger partial charge is 0.324 e. The highest BCUT2D eigenvalue weighted by Gasteiger charge is 2.33. The predicted molar refractivity (Wildman–Crippen MR) is 120 cm³/mol. The summed E-state index contributed by atoms with van der Waals surface area (Å²) < 4.78 is 30.7. The number of nitrogens with one attached hydrogen (secondary N) is 1. The first-order chi connectivity index (χ1) is 14.3. The first-order valence-corrected chi connectivity index (χ1v) is 12.9. The Morgan fingerprint density at radius 2 is 1.30 bits per heavy atom. The van der Waals surface area contributed by atoms with E-state index in [4.69, 9.17) is 9.66 Å². The maximum atomic E-state index is 11.6. The maximum absolute atomic E-state index is 11.6. The zero-order valence-corrected chi connectivity index (χ0v) is 19.3. The minimum atomic E-state index is -4.79. The van der Waals surface area contributed by atoms with Crippen molar-refractivity contribution in [2.45, 2.75) is 108 Å². The molecule has 0 aromatic carbocycles. The number of carbonyl (C=O) groups excluding carboxylic acids is 1. The molecule has 0 rings (SSSR count). The summed E-state index contributed by atoms with van der Waals surface area (Å²) in [5.74, 6) is -2.42. The van der Waals surface area contributed by atoms with Gasteiger partial charge in [-0.25, -0.2) is 0 Å². The third-order valence-corrected chi connectivity index (χ3v) is 6.10. The van der Waals surface area contributed by atoms with Crippen LogP contribution in [0.3, 0.4) is 0 Å².